The van der Waals surface area contributed by atoms with E-state index >= 15 is 0 Å². The molecular weight excluding hydrogens is 305 g/mol. The molecule has 1 amide bonds. The van der Waals surface area contributed by atoms with E-state index in [1.807, 2.05) is 38.1 Å². The highest BCUT2D eigenvalue weighted by atomic mass is 19.1. The zero-order valence-electron chi connectivity index (χ0n) is 14.5. The van der Waals surface area contributed by atoms with E-state index in [1.165, 1.54) is 6.07 Å². The van der Waals surface area contributed by atoms with Gasteiger partial charge in [0.25, 0.3) is 0 Å². The molecule has 0 saturated heterocycles. The molecule has 0 aliphatic carbocycles. The average molecular weight is 329 g/mol. The smallest absolute Gasteiger partial charge is 0.224 e. The molecule has 0 saturated carbocycles. The van der Waals surface area contributed by atoms with Crippen LogP contribution < -0.4 is 10.1 Å². The van der Waals surface area contributed by atoms with Crippen molar-refractivity contribution in [3.05, 3.63) is 58.9 Å². The van der Waals surface area contributed by atoms with Crippen LogP contribution in [0.15, 0.2) is 36.4 Å². The molecule has 0 radical (unpaired) electrons. The molecular formula is C20H24FNO2. The molecule has 1 N–H and O–H groups in total. The molecule has 2 aromatic rings. The van der Waals surface area contributed by atoms with Gasteiger partial charge in [-0.2, -0.15) is 0 Å². The van der Waals surface area contributed by atoms with Crippen molar-refractivity contribution < 1.29 is 13.9 Å². The standard InChI is InChI=1S/C20H24FNO2/c1-4-14-10-11-19(17(21)12-14)24-13-16-15(5-2)8-7-9-18(16)22-20(23)6-3/h7-12H,4-6,13H2,1-3H3,(H,22,23). The van der Waals surface area contributed by atoms with Gasteiger partial charge < -0.3 is 10.1 Å². The quantitative estimate of drug-likeness (QED) is 0.786. The first-order valence-electron chi connectivity index (χ1n) is 8.40. The number of hydrogen-bond acceptors (Lipinski definition) is 2. The predicted molar refractivity (Wildman–Crippen MR) is 94.9 cm³/mol. The largest absolute Gasteiger partial charge is 0.486 e. The van der Waals surface area contributed by atoms with Crippen LogP contribution in [0.5, 0.6) is 5.75 Å². The molecule has 0 spiro atoms. The Kier molecular flexibility index (Phi) is 6.36. The van der Waals surface area contributed by atoms with Gasteiger partial charge in [0.2, 0.25) is 5.91 Å². The van der Waals surface area contributed by atoms with Crippen molar-refractivity contribution >= 4 is 11.6 Å². The summed E-state index contributed by atoms with van der Waals surface area (Å²) in [7, 11) is 0. The second kappa shape index (κ2) is 8.48. The fourth-order valence-electron chi connectivity index (χ4n) is 2.52. The van der Waals surface area contributed by atoms with Crippen molar-refractivity contribution in [3.8, 4) is 5.75 Å². The van der Waals surface area contributed by atoms with E-state index in [0.29, 0.717) is 6.42 Å². The van der Waals surface area contributed by atoms with E-state index in [-0.39, 0.29) is 24.1 Å². The Balaban J connectivity index is 2.23. The highest BCUT2D eigenvalue weighted by Gasteiger charge is 2.12. The van der Waals surface area contributed by atoms with Gasteiger partial charge in [0.1, 0.15) is 6.61 Å². The zero-order valence-corrected chi connectivity index (χ0v) is 14.5. The van der Waals surface area contributed by atoms with Gasteiger partial charge in [0.05, 0.1) is 0 Å². The summed E-state index contributed by atoms with van der Waals surface area (Å²) in [5, 5.41) is 2.89. The molecule has 0 heterocycles. The molecule has 2 rings (SSSR count). The van der Waals surface area contributed by atoms with Gasteiger partial charge >= 0.3 is 0 Å². The molecule has 3 nitrogen and oxygen atoms in total. The summed E-state index contributed by atoms with van der Waals surface area (Å²) in [6.07, 6.45) is 2.00. The van der Waals surface area contributed by atoms with E-state index in [9.17, 15) is 9.18 Å². The number of benzene rings is 2. The van der Waals surface area contributed by atoms with Crippen molar-refractivity contribution in [1.82, 2.24) is 0 Å². The molecule has 0 bridgehead atoms. The molecule has 0 aliphatic rings. The maximum Gasteiger partial charge on any atom is 0.224 e. The van der Waals surface area contributed by atoms with Crippen LogP contribution in [0, 0.1) is 5.82 Å². The fourth-order valence-corrected chi connectivity index (χ4v) is 2.52. The third kappa shape index (κ3) is 4.34. The number of nitrogens with one attached hydrogen (secondary N) is 1. The molecule has 0 atom stereocenters. The van der Waals surface area contributed by atoms with E-state index in [1.54, 1.807) is 13.0 Å². The van der Waals surface area contributed by atoms with Gasteiger partial charge in [0, 0.05) is 17.7 Å². The maximum absolute atomic E-state index is 14.1. The van der Waals surface area contributed by atoms with Crippen LogP contribution in [-0.2, 0) is 24.2 Å². The van der Waals surface area contributed by atoms with Crippen LogP contribution in [0.25, 0.3) is 0 Å². The third-order valence-corrected chi connectivity index (χ3v) is 4.03. The number of halogens is 1. The first-order valence-corrected chi connectivity index (χ1v) is 8.40. The van der Waals surface area contributed by atoms with Gasteiger partial charge in [-0.3, -0.25) is 4.79 Å². The molecule has 24 heavy (non-hydrogen) atoms. The number of carbonyl (C=O) groups is 1. The Bertz CT molecular complexity index is 713. The van der Waals surface area contributed by atoms with Gasteiger partial charge in [-0.1, -0.05) is 39.0 Å². The van der Waals surface area contributed by atoms with E-state index in [4.69, 9.17) is 4.74 Å². The summed E-state index contributed by atoms with van der Waals surface area (Å²) >= 11 is 0. The molecule has 4 heteroatoms. The fraction of sp³-hybridized carbons (Fsp3) is 0.350. The highest BCUT2D eigenvalue weighted by Crippen LogP contribution is 2.25. The number of anilines is 1. The summed E-state index contributed by atoms with van der Waals surface area (Å²) < 4.78 is 19.8. The van der Waals surface area contributed by atoms with E-state index in [2.05, 4.69) is 5.32 Å². The zero-order chi connectivity index (χ0) is 17.5. The Morgan fingerprint density at radius 2 is 1.92 bits per heavy atom. The van der Waals surface area contributed by atoms with Gasteiger partial charge in [-0.25, -0.2) is 4.39 Å². The Labute approximate surface area is 142 Å². The van der Waals surface area contributed by atoms with Crippen molar-refractivity contribution in [2.75, 3.05) is 5.32 Å². The molecule has 0 fully saturated rings. The summed E-state index contributed by atoms with van der Waals surface area (Å²) in [6.45, 7) is 6.04. The lowest BCUT2D eigenvalue weighted by Crippen LogP contribution is -2.13. The first-order chi connectivity index (χ1) is 11.6. The monoisotopic (exact) mass is 329 g/mol. The minimum absolute atomic E-state index is 0.0528. The van der Waals surface area contributed by atoms with E-state index < -0.39 is 0 Å². The van der Waals surface area contributed by atoms with Crippen LogP contribution >= 0.6 is 0 Å². The van der Waals surface area contributed by atoms with Crippen LogP contribution in [-0.4, -0.2) is 5.91 Å². The summed E-state index contributed by atoms with van der Waals surface area (Å²) in [5.74, 6) is -0.184. The number of amides is 1. The molecule has 0 aliphatic heterocycles. The maximum atomic E-state index is 14.1. The van der Waals surface area contributed by atoms with Crippen LogP contribution in [0.4, 0.5) is 10.1 Å². The number of rotatable bonds is 7. The minimum atomic E-state index is -0.359. The highest BCUT2D eigenvalue weighted by molar-refractivity contribution is 5.91. The van der Waals surface area contributed by atoms with Crippen molar-refractivity contribution in [2.24, 2.45) is 0 Å². The predicted octanol–water partition coefficient (Wildman–Crippen LogP) is 4.88. The van der Waals surface area contributed by atoms with Gasteiger partial charge in [-0.15, -0.1) is 0 Å². The summed E-state index contributed by atoms with van der Waals surface area (Å²) in [4.78, 5) is 11.7. The van der Waals surface area contributed by atoms with Crippen LogP contribution in [0.3, 0.4) is 0 Å². The average Bonchev–Trinajstić information content (AvgIpc) is 2.60. The Morgan fingerprint density at radius 1 is 1.12 bits per heavy atom. The Hall–Kier alpha value is -2.36. The number of aryl methyl sites for hydroxylation is 2. The number of carbonyl (C=O) groups excluding carboxylic acids is 1. The SMILES string of the molecule is CCC(=O)Nc1cccc(CC)c1COc1ccc(CC)cc1F. The molecule has 0 aromatic heterocycles. The third-order valence-electron chi connectivity index (χ3n) is 4.03. The summed E-state index contributed by atoms with van der Waals surface area (Å²) in [6, 6.07) is 10.8. The van der Waals surface area contributed by atoms with E-state index in [0.717, 1.165) is 35.2 Å². The van der Waals surface area contributed by atoms with Crippen LogP contribution in [0.2, 0.25) is 0 Å². The Morgan fingerprint density at radius 3 is 2.54 bits per heavy atom. The van der Waals surface area contributed by atoms with Crippen molar-refractivity contribution in [3.63, 3.8) is 0 Å². The number of ether oxygens (including phenoxy) is 1. The minimum Gasteiger partial charge on any atom is -0.486 e. The summed E-state index contributed by atoms with van der Waals surface area (Å²) in [5.41, 5.74) is 3.63. The van der Waals surface area contributed by atoms with Crippen molar-refractivity contribution in [2.45, 2.75) is 46.6 Å². The first kappa shape index (κ1) is 18.0. The molecule has 0 unspecified atom stereocenters. The second-order valence-electron chi connectivity index (χ2n) is 5.61. The lowest BCUT2D eigenvalue weighted by atomic mass is 10.0. The van der Waals surface area contributed by atoms with Crippen LogP contribution in [0.1, 0.15) is 43.9 Å². The topological polar surface area (TPSA) is 38.3 Å². The van der Waals surface area contributed by atoms with Crippen molar-refractivity contribution in [1.29, 1.82) is 0 Å². The van der Waals surface area contributed by atoms with Gasteiger partial charge in [0.15, 0.2) is 11.6 Å². The lowest BCUT2D eigenvalue weighted by molar-refractivity contribution is -0.115. The number of hydrogen-bond donors (Lipinski definition) is 1. The molecule has 2 aromatic carbocycles. The molecule has 128 valence electrons. The normalized spacial score (nSPS) is 10.5. The van der Waals surface area contributed by atoms with Gasteiger partial charge in [-0.05, 0) is 42.2 Å². The lowest BCUT2D eigenvalue weighted by Gasteiger charge is -2.16. The second-order valence-corrected chi connectivity index (χ2v) is 5.61.